The van der Waals surface area contributed by atoms with Gasteiger partial charge in [-0.05, 0) is 24.5 Å². The Bertz CT molecular complexity index is 338. The lowest BCUT2D eigenvalue weighted by Crippen LogP contribution is -2.15. The summed E-state index contributed by atoms with van der Waals surface area (Å²) in [6, 6.07) is 6.36. The van der Waals surface area contributed by atoms with Crippen LogP contribution in [0.1, 0.15) is 34.8 Å². The number of aromatic carboxylic acids is 1. The maximum absolute atomic E-state index is 10.9. The fourth-order valence-corrected chi connectivity index (χ4v) is 1.48. The standard InChI is InChI=1S/C11H15NO3/c12-10(6-3-7-13)8-4-1-2-5-9(8)11(14)15/h1-2,4-5,10,13H,3,6-7,12H2,(H,14,15)/t10-/m1/s1. The van der Waals surface area contributed by atoms with Crippen molar-refractivity contribution in [3.63, 3.8) is 0 Å². The summed E-state index contributed by atoms with van der Waals surface area (Å²) < 4.78 is 0. The van der Waals surface area contributed by atoms with Crippen molar-refractivity contribution in [1.29, 1.82) is 0 Å². The van der Waals surface area contributed by atoms with Gasteiger partial charge in [-0.2, -0.15) is 0 Å². The molecule has 0 aliphatic carbocycles. The zero-order chi connectivity index (χ0) is 11.3. The van der Waals surface area contributed by atoms with E-state index < -0.39 is 5.97 Å². The van der Waals surface area contributed by atoms with Crippen molar-refractivity contribution in [3.8, 4) is 0 Å². The summed E-state index contributed by atoms with van der Waals surface area (Å²) in [7, 11) is 0. The number of rotatable bonds is 5. The van der Waals surface area contributed by atoms with Crippen molar-refractivity contribution in [2.75, 3.05) is 6.61 Å². The Hall–Kier alpha value is -1.39. The van der Waals surface area contributed by atoms with Crippen molar-refractivity contribution in [1.82, 2.24) is 0 Å². The predicted molar refractivity (Wildman–Crippen MR) is 56.6 cm³/mol. The van der Waals surface area contributed by atoms with Crippen LogP contribution in [0.25, 0.3) is 0 Å². The van der Waals surface area contributed by atoms with Gasteiger partial charge in [-0.25, -0.2) is 4.79 Å². The Morgan fingerprint density at radius 2 is 2.07 bits per heavy atom. The van der Waals surface area contributed by atoms with Crippen LogP contribution < -0.4 is 5.73 Å². The number of aliphatic hydroxyl groups excluding tert-OH is 1. The van der Waals surface area contributed by atoms with Gasteiger partial charge in [0.2, 0.25) is 0 Å². The Morgan fingerprint density at radius 3 is 2.67 bits per heavy atom. The van der Waals surface area contributed by atoms with Gasteiger partial charge in [0.1, 0.15) is 0 Å². The smallest absolute Gasteiger partial charge is 0.336 e. The molecular formula is C11H15NO3. The van der Waals surface area contributed by atoms with E-state index in [-0.39, 0.29) is 18.2 Å². The van der Waals surface area contributed by atoms with Gasteiger partial charge in [0.15, 0.2) is 0 Å². The van der Waals surface area contributed by atoms with Crippen molar-refractivity contribution < 1.29 is 15.0 Å². The molecule has 0 saturated carbocycles. The van der Waals surface area contributed by atoms with Crippen molar-refractivity contribution in [2.45, 2.75) is 18.9 Å². The average molecular weight is 209 g/mol. The minimum absolute atomic E-state index is 0.0724. The van der Waals surface area contributed by atoms with Crippen molar-refractivity contribution in [3.05, 3.63) is 35.4 Å². The fourth-order valence-electron chi connectivity index (χ4n) is 1.48. The summed E-state index contributed by atoms with van der Waals surface area (Å²) in [6.45, 7) is 0.0724. The van der Waals surface area contributed by atoms with E-state index >= 15 is 0 Å². The van der Waals surface area contributed by atoms with Crippen LogP contribution in [0.5, 0.6) is 0 Å². The molecule has 0 aliphatic heterocycles. The van der Waals surface area contributed by atoms with Gasteiger partial charge in [-0.3, -0.25) is 0 Å². The Morgan fingerprint density at radius 1 is 1.40 bits per heavy atom. The van der Waals surface area contributed by atoms with Crippen LogP contribution in [0, 0.1) is 0 Å². The van der Waals surface area contributed by atoms with Gasteiger partial charge in [-0.1, -0.05) is 18.2 Å². The van der Waals surface area contributed by atoms with E-state index in [9.17, 15) is 4.79 Å². The van der Waals surface area contributed by atoms with Crippen LogP contribution in [0.3, 0.4) is 0 Å². The lowest BCUT2D eigenvalue weighted by Gasteiger charge is -2.13. The van der Waals surface area contributed by atoms with Gasteiger partial charge >= 0.3 is 5.97 Å². The molecule has 1 aromatic rings. The van der Waals surface area contributed by atoms with Gasteiger partial charge in [-0.15, -0.1) is 0 Å². The molecule has 0 unspecified atom stereocenters. The molecule has 4 N–H and O–H groups in total. The van der Waals surface area contributed by atoms with E-state index in [2.05, 4.69) is 0 Å². The number of carbonyl (C=O) groups is 1. The highest BCUT2D eigenvalue weighted by Crippen LogP contribution is 2.19. The quantitative estimate of drug-likeness (QED) is 0.679. The second-order valence-corrected chi connectivity index (χ2v) is 3.36. The highest BCUT2D eigenvalue weighted by atomic mass is 16.4. The highest BCUT2D eigenvalue weighted by molar-refractivity contribution is 5.89. The van der Waals surface area contributed by atoms with Crippen LogP contribution >= 0.6 is 0 Å². The van der Waals surface area contributed by atoms with Gasteiger partial charge in [0.25, 0.3) is 0 Å². The molecule has 0 aromatic heterocycles. The van der Waals surface area contributed by atoms with Crippen LogP contribution in [0.15, 0.2) is 24.3 Å². The lowest BCUT2D eigenvalue weighted by molar-refractivity contribution is 0.0695. The molecule has 1 rings (SSSR count). The SMILES string of the molecule is N[C@H](CCCO)c1ccccc1C(=O)O. The summed E-state index contributed by atoms with van der Waals surface area (Å²) in [6.07, 6.45) is 1.16. The molecule has 4 nitrogen and oxygen atoms in total. The van der Waals surface area contributed by atoms with Gasteiger partial charge in [0.05, 0.1) is 5.56 Å². The zero-order valence-corrected chi connectivity index (χ0v) is 8.39. The minimum atomic E-state index is -0.968. The van der Waals surface area contributed by atoms with E-state index in [1.165, 1.54) is 6.07 Å². The third-order valence-corrected chi connectivity index (χ3v) is 2.26. The van der Waals surface area contributed by atoms with E-state index in [0.29, 0.717) is 18.4 Å². The summed E-state index contributed by atoms with van der Waals surface area (Å²) in [5.74, 6) is -0.968. The van der Waals surface area contributed by atoms with Crippen LogP contribution in [0.4, 0.5) is 0 Å². The van der Waals surface area contributed by atoms with E-state index in [1.54, 1.807) is 18.2 Å². The predicted octanol–water partition coefficient (Wildman–Crippen LogP) is 1.16. The molecule has 0 saturated heterocycles. The van der Waals surface area contributed by atoms with Gasteiger partial charge < -0.3 is 15.9 Å². The first-order valence-corrected chi connectivity index (χ1v) is 4.85. The van der Waals surface area contributed by atoms with Crippen molar-refractivity contribution >= 4 is 5.97 Å². The summed E-state index contributed by atoms with van der Waals surface area (Å²) in [5.41, 5.74) is 6.71. The van der Waals surface area contributed by atoms with Crippen molar-refractivity contribution in [2.24, 2.45) is 5.73 Å². The van der Waals surface area contributed by atoms with Crippen LogP contribution in [-0.4, -0.2) is 22.8 Å². The molecule has 0 aliphatic rings. The molecule has 82 valence electrons. The molecule has 0 bridgehead atoms. The summed E-state index contributed by atoms with van der Waals surface area (Å²) in [5, 5.41) is 17.6. The molecule has 4 heteroatoms. The fraction of sp³-hybridized carbons (Fsp3) is 0.364. The highest BCUT2D eigenvalue weighted by Gasteiger charge is 2.14. The number of carboxylic acid groups (broad SMARTS) is 1. The molecule has 0 fully saturated rings. The molecule has 0 heterocycles. The molecule has 0 amide bonds. The second-order valence-electron chi connectivity index (χ2n) is 3.36. The van der Waals surface area contributed by atoms with Crippen LogP contribution in [-0.2, 0) is 0 Å². The summed E-state index contributed by atoms with van der Waals surface area (Å²) >= 11 is 0. The molecule has 0 radical (unpaired) electrons. The first kappa shape index (κ1) is 11.7. The first-order chi connectivity index (χ1) is 7.16. The monoisotopic (exact) mass is 209 g/mol. The number of benzene rings is 1. The largest absolute Gasteiger partial charge is 0.478 e. The van der Waals surface area contributed by atoms with Crippen LogP contribution in [0.2, 0.25) is 0 Å². The maximum atomic E-state index is 10.9. The number of hydrogen-bond acceptors (Lipinski definition) is 3. The van der Waals surface area contributed by atoms with Gasteiger partial charge in [0, 0.05) is 12.6 Å². The molecule has 15 heavy (non-hydrogen) atoms. The molecular weight excluding hydrogens is 194 g/mol. The topological polar surface area (TPSA) is 83.5 Å². The maximum Gasteiger partial charge on any atom is 0.336 e. The van der Waals surface area contributed by atoms with E-state index in [0.717, 1.165) is 0 Å². The normalized spacial score (nSPS) is 12.4. The number of carboxylic acids is 1. The van der Waals surface area contributed by atoms with E-state index in [4.69, 9.17) is 15.9 Å². The third-order valence-electron chi connectivity index (χ3n) is 2.26. The number of hydrogen-bond donors (Lipinski definition) is 3. The lowest BCUT2D eigenvalue weighted by atomic mass is 9.98. The second kappa shape index (κ2) is 5.48. The zero-order valence-electron chi connectivity index (χ0n) is 8.39. The van der Waals surface area contributed by atoms with E-state index in [1.807, 2.05) is 0 Å². The Labute approximate surface area is 88.3 Å². The Kier molecular flexibility index (Phi) is 4.27. The molecule has 1 atom stereocenters. The minimum Gasteiger partial charge on any atom is -0.478 e. The average Bonchev–Trinajstić information content (AvgIpc) is 2.25. The first-order valence-electron chi connectivity index (χ1n) is 4.85. The third kappa shape index (κ3) is 3.04. The number of nitrogens with two attached hydrogens (primary N) is 1. The number of aliphatic hydroxyl groups is 1. The molecule has 0 spiro atoms. The summed E-state index contributed by atoms with van der Waals surface area (Å²) in [4.78, 5) is 10.9. The Balaban J connectivity index is 2.87. The molecule has 1 aromatic carbocycles.